The summed E-state index contributed by atoms with van der Waals surface area (Å²) in [6, 6.07) is 6.16. The van der Waals surface area contributed by atoms with Crippen molar-refractivity contribution in [2.24, 2.45) is 28.6 Å². The number of hydrogen-bond acceptors (Lipinski definition) is 3. The molecule has 2 fully saturated rings. The van der Waals surface area contributed by atoms with Crippen molar-refractivity contribution in [3.63, 3.8) is 0 Å². The minimum absolute atomic E-state index is 0.0860. The van der Waals surface area contributed by atoms with Gasteiger partial charge in [0, 0.05) is 19.0 Å². The van der Waals surface area contributed by atoms with E-state index in [9.17, 15) is 9.90 Å². The number of carbonyl (C=O) groups excluding carboxylic acids is 1. The summed E-state index contributed by atoms with van der Waals surface area (Å²) in [5.74, 6) is 1.55. The van der Waals surface area contributed by atoms with Crippen molar-refractivity contribution in [3.05, 3.63) is 47.8 Å². The molecule has 0 radical (unpaired) electrons. The second-order valence-corrected chi connectivity index (χ2v) is 9.63. The molecule has 4 aliphatic rings. The lowest BCUT2D eigenvalue weighted by molar-refractivity contribution is -0.123. The van der Waals surface area contributed by atoms with E-state index in [-0.39, 0.29) is 16.7 Å². The first-order valence-corrected chi connectivity index (χ1v) is 10.5. The Morgan fingerprint density at radius 1 is 1.15 bits per heavy atom. The summed E-state index contributed by atoms with van der Waals surface area (Å²) in [6.07, 6.45) is 11.4. The number of allylic oxidation sites excluding steroid dienone is 3. The van der Waals surface area contributed by atoms with Crippen LogP contribution in [0.4, 0.5) is 0 Å². The van der Waals surface area contributed by atoms with Gasteiger partial charge >= 0.3 is 0 Å². The summed E-state index contributed by atoms with van der Waals surface area (Å²) in [4.78, 5) is 16.6. The highest BCUT2D eigenvalue weighted by Gasteiger charge is 2.59. The van der Waals surface area contributed by atoms with Crippen LogP contribution >= 0.6 is 0 Å². The Morgan fingerprint density at radius 2 is 2.00 bits per heavy atom. The molecule has 1 aromatic heterocycles. The molecule has 0 amide bonds. The Hall–Kier alpha value is -1.74. The number of aliphatic hydroxyl groups excluding tert-OH is 1. The van der Waals surface area contributed by atoms with E-state index in [0.717, 1.165) is 31.4 Å². The Labute approximate surface area is 161 Å². The average Bonchev–Trinajstić information content (AvgIpc) is 3.01. The molecule has 4 aliphatic carbocycles. The van der Waals surface area contributed by atoms with Crippen LogP contribution in [0.5, 0.6) is 0 Å². The number of rotatable bonds is 1. The van der Waals surface area contributed by atoms with Crippen LogP contribution in [0.1, 0.15) is 58.1 Å². The molecule has 6 atom stereocenters. The number of nitrogens with zero attached hydrogens (tertiary/aromatic N) is 1. The molecule has 2 saturated carbocycles. The van der Waals surface area contributed by atoms with Crippen molar-refractivity contribution in [2.75, 3.05) is 0 Å². The van der Waals surface area contributed by atoms with Gasteiger partial charge in [0.1, 0.15) is 5.78 Å². The fourth-order valence-electron chi connectivity index (χ4n) is 6.96. The average molecular weight is 364 g/mol. The molecule has 3 nitrogen and oxygen atoms in total. The van der Waals surface area contributed by atoms with Crippen LogP contribution in [0, 0.1) is 28.6 Å². The van der Waals surface area contributed by atoms with E-state index in [2.05, 4.69) is 43.1 Å². The number of aliphatic hydroxyl groups is 1. The lowest BCUT2D eigenvalue weighted by Crippen LogP contribution is -2.54. The topological polar surface area (TPSA) is 50.2 Å². The first kappa shape index (κ1) is 17.4. The van der Waals surface area contributed by atoms with E-state index in [4.69, 9.17) is 0 Å². The second-order valence-electron chi connectivity index (χ2n) is 9.63. The van der Waals surface area contributed by atoms with Crippen molar-refractivity contribution >= 4 is 11.4 Å². The van der Waals surface area contributed by atoms with E-state index in [1.54, 1.807) is 0 Å². The predicted octanol–water partition coefficient (Wildman–Crippen LogP) is 4.58. The molecule has 0 saturated heterocycles. The third kappa shape index (κ3) is 2.37. The Morgan fingerprint density at radius 3 is 2.78 bits per heavy atom. The van der Waals surface area contributed by atoms with Crippen molar-refractivity contribution in [1.29, 1.82) is 0 Å². The van der Waals surface area contributed by atoms with E-state index in [1.807, 2.05) is 12.3 Å². The van der Waals surface area contributed by atoms with Gasteiger partial charge in [0.2, 0.25) is 0 Å². The third-order valence-corrected chi connectivity index (χ3v) is 8.48. The van der Waals surface area contributed by atoms with Crippen molar-refractivity contribution < 1.29 is 9.90 Å². The van der Waals surface area contributed by atoms with E-state index >= 15 is 0 Å². The third-order valence-electron chi connectivity index (χ3n) is 8.48. The summed E-state index contributed by atoms with van der Waals surface area (Å²) in [5, 5.41) is 11.1. The SMILES string of the molecule is C[C@]12CCC(=O)CC1=CC(O)[C@@H]1[C@H]2CC[C@]2(C)C(c3ccccn3)=CC[C@@H]12. The Kier molecular flexibility index (Phi) is 3.78. The van der Waals surface area contributed by atoms with Gasteiger partial charge in [-0.25, -0.2) is 0 Å². The van der Waals surface area contributed by atoms with Crippen LogP contribution in [0.15, 0.2) is 42.1 Å². The lowest BCUT2D eigenvalue weighted by Gasteiger charge is -2.58. The van der Waals surface area contributed by atoms with Gasteiger partial charge in [-0.1, -0.05) is 37.6 Å². The summed E-state index contributed by atoms with van der Waals surface area (Å²) in [5.41, 5.74) is 3.86. The molecule has 1 aromatic rings. The monoisotopic (exact) mass is 363 g/mol. The zero-order chi connectivity index (χ0) is 18.8. The van der Waals surface area contributed by atoms with E-state index < -0.39 is 6.10 Å². The van der Waals surface area contributed by atoms with Crippen LogP contribution in [0.2, 0.25) is 0 Å². The second kappa shape index (κ2) is 5.88. The molecule has 0 aliphatic heterocycles. The van der Waals surface area contributed by atoms with Crippen LogP contribution in [0.25, 0.3) is 5.57 Å². The summed E-state index contributed by atoms with van der Waals surface area (Å²) in [7, 11) is 0. The van der Waals surface area contributed by atoms with Gasteiger partial charge in [0.15, 0.2) is 0 Å². The van der Waals surface area contributed by atoms with Gasteiger partial charge in [-0.3, -0.25) is 9.78 Å². The normalized spacial score (nSPS) is 43.3. The first-order valence-electron chi connectivity index (χ1n) is 10.5. The molecular weight excluding hydrogens is 334 g/mol. The fourth-order valence-corrected chi connectivity index (χ4v) is 6.96. The van der Waals surface area contributed by atoms with Gasteiger partial charge < -0.3 is 5.11 Å². The van der Waals surface area contributed by atoms with Gasteiger partial charge in [0.25, 0.3) is 0 Å². The zero-order valence-corrected chi connectivity index (χ0v) is 16.3. The summed E-state index contributed by atoms with van der Waals surface area (Å²) in [6.45, 7) is 4.75. The molecule has 3 heteroatoms. The number of carbonyl (C=O) groups is 1. The molecule has 1 N–H and O–H groups in total. The number of aromatic nitrogens is 1. The van der Waals surface area contributed by atoms with Crippen LogP contribution in [0.3, 0.4) is 0 Å². The van der Waals surface area contributed by atoms with Gasteiger partial charge in [0.05, 0.1) is 11.8 Å². The molecule has 0 bridgehead atoms. The molecule has 1 unspecified atom stereocenters. The molecule has 1 heterocycles. The molecular formula is C24H29NO2. The summed E-state index contributed by atoms with van der Waals surface area (Å²) < 4.78 is 0. The molecule has 0 spiro atoms. The molecule has 0 aromatic carbocycles. The first-order chi connectivity index (χ1) is 12.9. The fraction of sp³-hybridized carbons (Fsp3) is 0.583. The zero-order valence-electron chi connectivity index (χ0n) is 16.3. The highest BCUT2D eigenvalue weighted by molar-refractivity contribution is 5.82. The largest absolute Gasteiger partial charge is 0.389 e. The smallest absolute Gasteiger partial charge is 0.136 e. The van der Waals surface area contributed by atoms with E-state index in [1.165, 1.54) is 11.1 Å². The highest BCUT2D eigenvalue weighted by Crippen LogP contribution is 2.65. The van der Waals surface area contributed by atoms with Gasteiger partial charge in [-0.15, -0.1) is 0 Å². The van der Waals surface area contributed by atoms with E-state index in [0.29, 0.717) is 30.5 Å². The molecule has 5 rings (SSSR count). The van der Waals surface area contributed by atoms with Crippen molar-refractivity contribution in [3.8, 4) is 0 Å². The van der Waals surface area contributed by atoms with Crippen molar-refractivity contribution in [2.45, 2.75) is 58.5 Å². The Balaban J connectivity index is 1.52. The van der Waals surface area contributed by atoms with Crippen molar-refractivity contribution in [1.82, 2.24) is 4.98 Å². The highest BCUT2D eigenvalue weighted by atomic mass is 16.3. The number of fused-ring (bicyclic) bond motifs is 5. The number of ketones is 1. The minimum atomic E-state index is -0.426. The quantitative estimate of drug-likeness (QED) is 0.743. The number of hydrogen-bond donors (Lipinski definition) is 1. The predicted molar refractivity (Wildman–Crippen MR) is 106 cm³/mol. The van der Waals surface area contributed by atoms with Crippen LogP contribution < -0.4 is 0 Å². The maximum Gasteiger partial charge on any atom is 0.136 e. The summed E-state index contributed by atoms with van der Waals surface area (Å²) >= 11 is 0. The van der Waals surface area contributed by atoms with Gasteiger partial charge in [-0.05, 0) is 72.0 Å². The van der Waals surface area contributed by atoms with Crippen LogP contribution in [-0.2, 0) is 4.79 Å². The molecule has 27 heavy (non-hydrogen) atoms. The van der Waals surface area contributed by atoms with Crippen LogP contribution in [-0.4, -0.2) is 22.0 Å². The van der Waals surface area contributed by atoms with Gasteiger partial charge in [-0.2, -0.15) is 0 Å². The Bertz CT molecular complexity index is 841. The maximum atomic E-state index is 12.0. The number of pyridine rings is 1. The maximum absolute atomic E-state index is 12.0. The number of Topliss-reactive ketones (excluding diaryl/α,β-unsaturated/α-hetero) is 1. The lowest BCUT2D eigenvalue weighted by atomic mass is 9.47. The minimum Gasteiger partial charge on any atom is -0.389 e. The molecule has 142 valence electrons. The standard InChI is InChI=1S/C24H29NO2/c1-23-10-8-16(26)13-15(23)14-21(27)22-18-7-6-17(20-5-3-4-12-25-20)24(18,2)11-9-19(22)23/h3-6,12,14,18-19,21-22,27H,7-11,13H2,1-2H3/t18-,19+,21?,22-,23-,24+/m0/s1.